The first-order valence-electron chi connectivity index (χ1n) is 8.52. The van der Waals surface area contributed by atoms with Crippen molar-refractivity contribution in [2.45, 2.75) is 44.9 Å². The van der Waals surface area contributed by atoms with E-state index in [4.69, 9.17) is 14.2 Å². The second kappa shape index (κ2) is 10.3. The van der Waals surface area contributed by atoms with Crippen molar-refractivity contribution in [2.75, 3.05) is 32.2 Å². The maximum Gasteiger partial charge on any atom is 0.319 e. The van der Waals surface area contributed by atoms with Gasteiger partial charge in [-0.05, 0) is 43.9 Å². The molecule has 1 aromatic carbocycles. The molecular formula is C18H28N2O4. The largest absolute Gasteiger partial charge is 0.383 e. The normalized spacial score (nSPS) is 18.8. The van der Waals surface area contributed by atoms with Gasteiger partial charge in [-0.3, -0.25) is 0 Å². The quantitative estimate of drug-likeness (QED) is 0.766. The molecule has 1 saturated heterocycles. The summed E-state index contributed by atoms with van der Waals surface area (Å²) < 4.78 is 16.4. The predicted octanol–water partition coefficient (Wildman–Crippen LogP) is 2.93. The summed E-state index contributed by atoms with van der Waals surface area (Å²) in [5, 5.41) is 5.64. The Morgan fingerprint density at radius 3 is 3.04 bits per heavy atom. The number of rotatable bonds is 8. The second-order valence-electron chi connectivity index (χ2n) is 6.16. The van der Waals surface area contributed by atoms with E-state index in [0.717, 1.165) is 30.7 Å². The van der Waals surface area contributed by atoms with Gasteiger partial charge in [0.25, 0.3) is 0 Å². The lowest BCUT2D eigenvalue weighted by molar-refractivity contribution is -0.0447. The van der Waals surface area contributed by atoms with Gasteiger partial charge in [-0.15, -0.1) is 0 Å². The summed E-state index contributed by atoms with van der Waals surface area (Å²) in [6.07, 6.45) is 3.65. The Balaban J connectivity index is 1.74. The van der Waals surface area contributed by atoms with Crippen LogP contribution in [0.1, 0.15) is 31.7 Å². The third-order valence-electron chi connectivity index (χ3n) is 3.83. The van der Waals surface area contributed by atoms with Crippen LogP contribution in [0.4, 0.5) is 10.5 Å². The molecule has 2 amide bonds. The third-order valence-corrected chi connectivity index (χ3v) is 3.83. The minimum atomic E-state index is -0.242. The maximum absolute atomic E-state index is 11.9. The summed E-state index contributed by atoms with van der Waals surface area (Å²) in [4.78, 5) is 11.9. The zero-order chi connectivity index (χ0) is 17.2. The molecule has 24 heavy (non-hydrogen) atoms. The number of anilines is 1. The summed E-state index contributed by atoms with van der Waals surface area (Å²) >= 11 is 0. The molecule has 2 unspecified atom stereocenters. The molecule has 1 aromatic rings. The van der Waals surface area contributed by atoms with Gasteiger partial charge >= 0.3 is 6.03 Å². The van der Waals surface area contributed by atoms with Crippen molar-refractivity contribution < 1.29 is 19.0 Å². The molecule has 6 heteroatoms. The van der Waals surface area contributed by atoms with Crippen LogP contribution in [0.15, 0.2) is 24.3 Å². The molecule has 134 valence electrons. The van der Waals surface area contributed by atoms with E-state index in [1.165, 1.54) is 6.42 Å². The average Bonchev–Trinajstić information content (AvgIpc) is 2.56. The molecule has 0 aliphatic carbocycles. The first kappa shape index (κ1) is 18.7. The van der Waals surface area contributed by atoms with Crippen molar-refractivity contribution >= 4 is 11.7 Å². The minimum absolute atomic E-state index is 0.0444. The number of amides is 2. The Kier molecular flexibility index (Phi) is 8.01. The van der Waals surface area contributed by atoms with E-state index in [9.17, 15) is 4.79 Å². The molecule has 1 heterocycles. The number of methoxy groups -OCH3 is 1. The zero-order valence-electron chi connectivity index (χ0n) is 14.5. The van der Waals surface area contributed by atoms with Crippen molar-refractivity contribution in [3.63, 3.8) is 0 Å². The van der Waals surface area contributed by atoms with Gasteiger partial charge < -0.3 is 24.8 Å². The highest BCUT2D eigenvalue weighted by molar-refractivity contribution is 5.89. The summed E-state index contributed by atoms with van der Waals surface area (Å²) in [5.41, 5.74) is 1.76. The van der Waals surface area contributed by atoms with E-state index >= 15 is 0 Å². The van der Waals surface area contributed by atoms with Gasteiger partial charge in [0.2, 0.25) is 0 Å². The molecule has 2 atom stereocenters. The Bertz CT molecular complexity index is 504. The van der Waals surface area contributed by atoms with Crippen LogP contribution in [-0.4, -0.2) is 45.1 Å². The van der Waals surface area contributed by atoms with Crippen molar-refractivity contribution in [1.29, 1.82) is 0 Å². The van der Waals surface area contributed by atoms with Gasteiger partial charge in [-0.25, -0.2) is 4.79 Å². The van der Waals surface area contributed by atoms with Crippen molar-refractivity contribution in [3.05, 3.63) is 29.8 Å². The predicted molar refractivity (Wildman–Crippen MR) is 93.2 cm³/mol. The monoisotopic (exact) mass is 336 g/mol. The lowest BCUT2D eigenvalue weighted by atomic mass is 10.1. The summed E-state index contributed by atoms with van der Waals surface area (Å²) in [6.45, 7) is 4.33. The lowest BCUT2D eigenvalue weighted by Crippen LogP contribution is -2.38. The molecule has 0 radical (unpaired) electrons. The fourth-order valence-electron chi connectivity index (χ4n) is 2.67. The number of hydrogen-bond donors (Lipinski definition) is 2. The van der Waals surface area contributed by atoms with E-state index in [-0.39, 0.29) is 18.2 Å². The SMILES string of the molecule is COCC(C)NC(=O)Nc1cccc(COCC2CCCCO2)c1. The van der Waals surface area contributed by atoms with Gasteiger partial charge in [0.05, 0.1) is 32.0 Å². The summed E-state index contributed by atoms with van der Waals surface area (Å²) in [6, 6.07) is 7.38. The maximum atomic E-state index is 11.9. The molecule has 2 rings (SSSR count). The van der Waals surface area contributed by atoms with Crippen LogP contribution in [0, 0.1) is 0 Å². The van der Waals surface area contributed by atoms with Crippen molar-refractivity contribution in [1.82, 2.24) is 5.32 Å². The van der Waals surface area contributed by atoms with Crippen LogP contribution in [0.3, 0.4) is 0 Å². The van der Waals surface area contributed by atoms with Gasteiger partial charge in [0, 0.05) is 19.4 Å². The van der Waals surface area contributed by atoms with Gasteiger partial charge in [-0.2, -0.15) is 0 Å². The molecule has 0 bridgehead atoms. The molecule has 2 N–H and O–H groups in total. The van der Waals surface area contributed by atoms with Gasteiger partial charge in [0.15, 0.2) is 0 Å². The van der Waals surface area contributed by atoms with Crippen molar-refractivity contribution in [2.24, 2.45) is 0 Å². The van der Waals surface area contributed by atoms with Gasteiger partial charge in [0.1, 0.15) is 0 Å². The Hall–Kier alpha value is -1.63. The zero-order valence-corrected chi connectivity index (χ0v) is 14.5. The summed E-state index contributed by atoms with van der Waals surface area (Å²) in [7, 11) is 1.61. The van der Waals surface area contributed by atoms with Crippen LogP contribution in [0.25, 0.3) is 0 Å². The number of hydrogen-bond acceptors (Lipinski definition) is 4. The number of urea groups is 1. The van der Waals surface area contributed by atoms with E-state index < -0.39 is 0 Å². The summed E-state index contributed by atoms with van der Waals surface area (Å²) in [5.74, 6) is 0. The fraction of sp³-hybridized carbons (Fsp3) is 0.611. The first-order chi connectivity index (χ1) is 11.7. The van der Waals surface area contributed by atoms with Crippen LogP contribution in [0.2, 0.25) is 0 Å². The Morgan fingerprint density at radius 2 is 2.29 bits per heavy atom. The minimum Gasteiger partial charge on any atom is -0.383 e. The van der Waals surface area contributed by atoms with Crippen LogP contribution in [0.5, 0.6) is 0 Å². The molecule has 1 fully saturated rings. The topological polar surface area (TPSA) is 68.8 Å². The van der Waals surface area contributed by atoms with E-state index in [1.807, 2.05) is 31.2 Å². The highest BCUT2D eigenvalue weighted by Gasteiger charge is 2.13. The lowest BCUT2D eigenvalue weighted by Gasteiger charge is -2.22. The third kappa shape index (κ3) is 6.86. The molecule has 0 spiro atoms. The number of ether oxygens (including phenoxy) is 3. The number of carbonyl (C=O) groups is 1. The van der Waals surface area contributed by atoms with E-state index in [2.05, 4.69) is 10.6 Å². The highest BCUT2D eigenvalue weighted by atomic mass is 16.5. The van der Waals surface area contributed by atoms with Gasteiger partial charge in [-0.1, -0.05) is 12.1 Å². The number of benzene rings is 1. The van der Waals surface area contributed by atoms with E-state index in [1.54, 1.807) is 7.11 Å². The first-order valence-corrected chi connectivity index (χ1v) is 8.52. The van der Waals surface area contributed by atoms with E-state index in [0.29, 0.717) is 19.8 Å². The fourth-order valence-corrected chi connectivity index (χ4v) is 2.67. The molecule has 1 aliphatic rings. The van der Waals surface area contributed by atoms with Crippen LogP contribution in [-0.2, 0) is 20.8 Å². The molecule has 0 saturated carbocycles. The standard InChI is InChI=1S/C18H28N2O4/c1-14(11-22-2)19-18(21)20-16-7-5-6-15(10-16)12-23-13-17-8-3-4-9-24-17/h5-7,10,14,17H,3-4,8-9,11-13H2,1-2H3,(H2,19,20,21). The molecule has 0 aromatic heterocycles. The number of carbonyl (C=O) groups excluding carboxylic acids is 1. The second-order valence-corrected chi connectivity index (χ2v) is 6.16. The Morgan fingerprint density at radius 1 is 1.42 bits per heavy atom. The molecular weight excluding hydrogens is 308 g/mol. The molecule has 1 aliphatic heterocycles. The highest BCUT2D eigenvalue weighted by Crippen LogP contribution is 2.15. The van der Waals surface area contributed by atoms with Crippen LogP contribution >= 0.6 is 0 Å². The molecule has 6 nitrogen and oxygen atoms in total. The Labute approximate surface area is 143 Å². The number of nitrogens with one attached hydrogen (secondary N) is 2. The van der Waals surface area contributed by atoms with Crippen LogP contribution < -0.4 is 10.6 Å². The smallest absolute Gasteiger partial charge is 0.319 e. The van der Waals surface area contributed by atoms with Crippen molar-refractivity contribution in [3.8, 4) is 0 Å². The average molecular weight is 336 g/mol.